The van der Waals surface area contributed by atoms with Gasteiger partial charge in [0.25, 0.3) is 0 Å². The van der Waals surface area contributed by atoms with E-state index in [4.69, 9.17) is 5.73 Å². The molecule has 0 saturated carbocycles. The van der Waals surface area contributed by atoms with Gasteiger partial charge in [0.1, 0.15) is 0 Å². The van der Waals surface area contributed by atoms with Gasteiger partial charge in [-0.1, -0.05) is 6.07 Å². The third-order valence-corrected chi connectivity index (χ3v) is 3.87. The molecule has 1 atom stereocenters. The molecule has 3 aromatic rings. The van der Waals surface area contributed by atoms with Crippen molar-refractivity contribution in [3.63, 3.8) is 0 Å². The molecule has 0 radical (unpaired) electrons. The van der Waals surface area contributed by atoms with E-state index in [9.17, 15) is 8.78 Å². The van der Waals surface area contributed by atoms with Gasteiger partial charge in [0.05, 0.1) is 5.69 Å². The Hall–Kier alpha value is -1.79. The number of rotatable bonds is 4. The van der Waals surface area contributed by atoms with Gasteiger partial charge in [-0.25, -0.2) is 13.8 Å². The molecule has 0 aliphatic carbocycles. The molecule has 0 spiro atoms. The van der Waals surface area contributed by atoms with Crippen LogP contribution in [0.25, 0.3) is 4.96 Å². The predicted octanol–water partition coefficient (Wildman–Crippen LogP) is 2.79. The van der Waals surface area contributed by atoms with Crippen molar-refractivity contribution in [3.8, 4) is 0 Å². The van der Waals surface area contributed by atoms with Crippen LogP contribution < -0.4 is 5.73 Å². The van der Waals surface area contributed by atoms with Crippen LogP contribution in [0, 0.1) is 11.6 Å². The number of halogens is 2. The highest BCUT2D eigenvalue weighted by molar-refractivity contribution is 7.15. The number of fused-ring (bicyclic) bond motifs is 1. The van der Waals surface area contributed by atoms with E-state index in [-0.39, 0.29) is 6.04 Å². The summed E-state index contributed by atoms with van der Waals surface area (Å²) in [6, 6.07) is 3.71. The second kappa shape index (κ2) is 5.30. The first kappa shape index (κ1) is 13.2. The number of hydrogen-bond donors (Lipinski definition) is 1. The van der Waals surface area contributed by atoms with Crippen molar-refractivity contribution in [2.24, 2.45) is 5.73 Å². The molecule has 0 aliphatic rings. The fourth-order valence-corrected chi connectivity index (χ4v) is 2.90. The van der Waals surface area contributed by atoms with E-state index >= 15 is 0 Å². The standard InChI is InChI=1S/C14H13F2N3S/c15-12-2-1-9(6-13(12)16)5-10(17)7-11-8-19-3-4-20-14(19)18-11/h1-4,6,8,10H,5,7,17H2. The van der Waals surface area contributed by atoms with Crippen LogP contribution in [-0.2, 0) is 12.8 Å². The molecule has 6 heteroatoms. The van der Waals surface area contributed by atoms with Crippen LogP contribution in [0.2, 0.25) is 0 Å². The molecule has 1 unspecified atom stereocenters. The Morgan fingerprint density at radius 1 is 1.25 bits per heavy atom. The van der Waals surface area contributed by atoms with Crippen molar-refractivity contribution in [3.05, 3.63) is 58.9 Å². The zero-order chi connectivity index (χ0) is 14.1. The van der Waals surface area contributed by atoms with Gasteiger partial charge in [-0.2, -0.15) is 0 Å². The monoisotopic (exact) mass is 293 g/mol. The van der Waals surface area contributed by atoms with Gasteiger partial charge in [-0.3, -0.25) is 4.40 Å². The van der Waals surface area contributed by atoms with Gasteiger partial charge in [-0.05, 0) is 24.1 Å². The molecular weight excluding hydrogens is 280 g/mol. The van der Waals surface area contributed by atoms with Gasteiger partial charge in [0.2, 0.25) is 0 Å². The van der Waals surface area contributed by atoms with E-state index in [1.54, 1.807) is 17.4 Å². The molecule has 20 heavy (non-hydrogen) atoms. The van der Waals surface area contributed by atoms with Gasteiger partial charge in [0.15, 0.2) is 16.6 Å². The van der Waals surface area contributed by atoms with E-state index in [0.717, 1.165) is 16.7 Å². The van der Waals surface area contributed by atoms with E-state index in [2.05, 4.69) is 4.98 Å². The molecule has 2 aromatic heterocycles. The quantitative estimate of drug-likeness (QED) is 0.804. The fourth-order valence-electron chi connectivity index (χ4n) is 2.18. The minimum Gasteiger partial charge on any atom is -0.327 e. The summed E-state index contributed by atoms with van der Waals surface area (Å²) in [5.74, 6) is -1.67. The third-order valence-electron chi connectivity index (χ3n) is 3.10. The molecule has 0 aliphatic heterocycles. The predicted molar refractivity (Wildman–Crippen MR) is 74.8 cm³/mol. The first-order valence-electron chi connectivity index (χ1n) is 6.22. The van der Waals surface area contributed by atoms with Crippen LogP contribution in [0.5, 0.6) is 0 Å². The molecule has 0 bridgehead atoms. The first-order chi connectivity index (χ1) is 9.61. The largest absolute Gasteiger partial charge is 0.327 e. The molecule has 2 heterocycles. The number of thiazole rings is 1. The van der Waals surface area contributed by atoms with Crippen molar-refractivity contribution in [2.45, 2.75) is 18.9 Å². The van der Waals surface area contributed by atoms with Crippen LogP contribution >= 0.6 is 11.3 Å². The average molecular weight is 293 g/mol. The second-order valence-corrected chi connectivity index (χ2v) is 5.61. The van der Waals surface area contributed by atoms with Crippen LogP contribution in [0.1, 0.15) is 11.3 Å². The zero-order valence-electron chi connectivity index (χ0n) is 10.6. The Morgan fingerprint density at radius 2 is 2.10 bits per heavy atom. The minimum atomic E-state index is -0.836. The number of aromatic nitrogens is 2. The highest BCUT2D eigenvalue weighted by Gasteiger charge is 2.11. The molecule has 1 aromatic carbocycles. The topological polar surface area (TPSA) is 43.3 Å². The normalized spacial score (nSPS) is 12.9. The van der Waals surface area contributed by atoms with E-state index in [1.807, 2.05) is 22.2 Å². The molecular formula is C14H13F2N3S. The lowest BCUT2D eigenvalue weighted by atomic mass is 10.0. The highest BCUT2D eigenvalue weighted by Crippen LogP contribution is 2.14. The van der Waals surface area contributed by atoms with Crippen molar-refractivity contribution >= 4 is 16.3 Å². The van der Waals surface area contributed by atoms with Crippen LogP contribution in [-0.4, -0.2) is 15.4 Å². The minimum absolute atomic E-state index is 0.176. The molecule has 3 nitrogen and oxygen atoms in total. The lowest BCUT2D eigenvalue weighted by Crippen LogP contribution is -2.25. The molecule has 0 fully saturated rings. The Balaban J connectivity index is 1.68. The van der Waals surface area contributed by atoms with Crippen molar-refractivity contribution in [1.82, 2.24) is 9.38 Å². The fraction of sp³-hybridized carbons (Fsp3) is 0.214. The summed E-state index contributed by atoms with van der Waals surface area (Å²) in [5.41, 5.74) is 7.66. The Bertz CT molecular complexity index is 706. The maximum atomic E-state index is 13.1. The number of nitrogens with two attached hydrogens (primary N) is 1. The van der Waals surface area contributed by atoms with Crippen LogP contribution in [0.15, 0.2) is 36.0 Å². The van der Waals surface area contributed by atoms with Crippen LogP contribution in [0.4, 0.5) is 8.78 Å². The van der Waals surface area contributed by atoms with Gasteiger partial charge in [0, 0.05) is 30.2 Å². The van der Waals surface area contributed by atoms with Crippen molar-refractivity contribution < 1.29 is 8.78 Å². The average Bonchev–Trinajstić information content (AvgIpc) is 2.94. The van der Waals surface area contributed by atoms with Gasteiger partial charge >= 0.3 is 0 Å². The van der Waals surface area contributed by atoms with E-state index in [1.165, 1.54) is 6.07 Å². The first-order valence-corrected chi connectivity index (χ1v) is 7.10. The van der Waals surface area contributed by atoms with Crippen LogP contribution in [0.3, 0.4) is 0 Å². The zero-order valence-corrected chi connectivity index (χ0v) is 11.4. The molecule has 0 amide bonds. The number of hydrogen-bond acceptors (Lipinski definition) is 3. The summed E-state index contributed by atoms with van der Waals surface area (Å²) in [7, 11) is 0. The second-order valence-electron chi connectivity index (χ2n) is 4.74. The summed E-state index contributed by atoms with van der Waals surface area (Å²) in [4.78, 5) is 5.38. The van der Waals surface area contributed by atoms with Gasteiger partial charge in [-0.15, -0.1) is 11.3 Å². The van der Waals surface area contributed by atoms with E-state index < -0.39 is 11.6 Å². The smallest absolute Gasteiger partial charge is 0.193 e. The summed E-state index contributed by atoms with van der Waals surface area (Å²) in [6.45, 7) is 0. The maximum absolute atomic E-state index is 13.1. The lowest BCUT2D eigenvalue weighted by Gasteiger charge is -2.10. The molecule has 2 N–H and O–H groups in total. The summed E-state index contributed by atoms with van der Waals surface area (Å²) in [5, 5.41) is 1.97. The summed E-state index contributed by atoms with van der Waals surface area (Å²) < 4.78 is 27.9. The SMILES string of the molecule is NC(Cc1ccc(F)c(F)c1)Cc1cn2ccsc2n1. The maximum Gasteiger partial charge on any atom is 0.193 e. The van der Waals surface area contributed by atoms with Crippen molar-refractivity contribution in [2.75, 3.05) is 0 Å². The molecule has 3 rings (SSSR count). The Labute approximate surface area is 118 Å². The van der Waals surface area contributed by atoms with Gasteiger partial charge < -0.3 is 5.73 Å². The third kappa shape index (κ3) is 2.71. The lowest BCUT2D eigenvalue weighted by molar-refractivity contribution is 0.506. The van der Waals surface area contributed by atoms with Crippen molar-refractivity contribution in [1.29, 1.82) is 0 Å². The number of benzene rings is 1. The summed E-state index contributed by atoms with van der Waals surface area (Å²) >= 11 is 1.56. The Kier molecular flexibility index (Phi) is 3.50. The summed E-state index contributed by atoms with van der Waals surface area (Å²) in [6.07, 6.45) is 4.98. The number of imidazole rings is 1. The molecule has 0 saturated heterocycles. The van der Waals surface area contributed by atoms with E-state index in [0.29, 0.717) is 18.4 Å². The highest BCUT2D eigenvalue weighted by atomic mass is 32.1. The number of nitrogens with zero attached hydrogens (tertiary/aromatic N) is 2. The Morgan fingerprint density at radius 3 is 2.85 bits per heavy atom. The molecule has 104 valence electrons.